The van der Waals surface area contributed by atoms with Crippen LogP contribution in [0.4, 0.5) is 5.82 Å². The molecule has 1 fully saturated rings. The first-order chi connectivity index (χ1) is 10.0. The number of aromatic nitrogens is 1. The summed E-state index contributed by atoms with van der Waals surface area (Å²) in [4.78, 5) is 9.63. The predicted molar refractivity (Wildman–Crippen MR) is 89.9 cm³/mol. The number of piperazine rings is 1. The fourth-order valence-electron chi connectivity index (χ4n) is 3.04. The first-order valence-corrected chi connectivity index (χ1v) is 8.16. The molecule has 0 amide bonds. The second-order valence-corrected chi connectivity index (χ2v) is 6.43. The highest BCUT2D eigenvalue weighted by atomic mass is 15.3. The van der Waals surface area contributed by atoms with Gasteiger partial charge < -0.3 is 10.2 Å². The third kappa shape index (κ3) is 3.95. The van der Waals surface area contributed by atoms with Gasteiger partial charge in [0.25, 0.3) is 0 Å². The molecule has 21 heavy (non-hydrogen) atoms. The number of hydrogen-bond acceptors (Lipinski definition) is 4. The average Bonchev–Trinajstić information content (AvgIpc) is 2.45. The summed E-state index contributed by atoms with van der Waals surface area (Å²) in [6.45, 7) is 13.0. The van der Waals surface area contributed by atoms with Crippen molar-refractivity contribution in [3.63, 3.8) is 0 Å². The molecule has 1 N–H and O–H groups in total. The topological polar surface area (TPSA) is 31.4 Å². The molecule has 4 nitrogen and oxygen atoms in total. The van der Waals surface area contributed by atoms with Gasteiger partial charge in [-0.15, -0.1) is 0 Å². The maximum absolute atomic E-state index is 4.74. The SMILES string of the molecule is CCCNCc1cnc(N2CC(C)N(C)C(C)C2)c(C)c1. The molecule has 2 unspecified atom stereocenters. The van der Waals surface area contributed by atoms with Gasteiger partial charge >= 0.3 is 0 Å². The van der Waals surface area contributed by atoms with Crippen molar-refractivity contribution in [3.8, 4) is 0 Å². The zero-order valence-corrected chi connectivity index (χ0v) is 14.2. The molecule has 2 atom stereocenters. The number of aryl methyl sites for hydroxylation is 1. The molecule has 1 aromatic heterocycles. The lowest BCUT2D eigenvalue weighted by Gasteiger charge is -2.43. The van der Waals surface area contributed by atoms with Gasteiger partial charge in [-0.1, -0.05) is 6.92 Å². The predicted octanol–water partition coefficient (Wildman–Crippen LogP) is 2.42. The highest BCUT2D eigenvalue weighted by Crippen LogP contribution is 2.23. The molecule has 118 valence electrons. The van der Waals surface area contributed by atoms with Gasteiger partial charge in [0.15, 0.2) is 0 Å². The highest BCUT2D eigenvalue weighted by molar-refractivity contribution is 5.48. The van der Waals surface area contributed by atoms with Gasteiger partial charge in [-0.2, -0.15) is 0 Å². The summed E-state index contributed by atoms with van der Waals surface area (Å²) in [6, 6.07) is 3.42. The van der Waals surface area contributed by atoms with E-state index < -0.39 is 0 Å². The lowest BCUT2D eigenvalue weighted by molar-refractivity contribution is 0.169. The van der Waals surface area contributed by atoms with Gasteiger partial charge in [-0.3, -0.25) is 4.90 Å². The number of anilines is 1. The maximum Gasteiger partial charge on any atom is 0.131 e. The quantitative estimate of drug-likeness (QED) is 0.844. The van der Waals surface area contributed by atoms with Crippen molar-refractivity contribution in [2.45, 2.75) is 52.7 Å². The molecule has 0 spiro atoms. The third-order valence-corrected chi connectivity index (χ3v) is 4.52. The fourth-order valence-corrected chi connectivity index (χ4v) is 3.04. The lowest BCUT2D eigenvalue weighted by atomic mass is 10.1. The van der Waals surface area contributed by atoms with Crippen LogP contribution in [0.2, 0.25) is 0 Å². The van der Waals surface area contributed by atoms with Crippen molar-refractivity contribution in [1.82, 2.24) is 15.2 Å². The number of rotatable bonds is 5. The van der Waals surface area contributed by atoms with E-state index in [0.29, 0.717) is 12.1 Å². The van der Waals surface area contributed by atoms with Crippen LogP contribution >= 0.6 is 0 Å². The number of nitrogens with one attached hydrogen (secondary N) is 1. The van der Waals surface area contributed by atoms with Crippen molar-refractivity contribution in [2.75, 3.05) is 31.6 Å². The van der Waals surface area contributed by atoms with Crippen molar-refractivity contribution in [1.29, 1.82) is 0 Å². The molecular weight excluding hydrogens is 260 g/mol. The Balaban J connectivity index is 2.06. The first kappa shape index (κ1) is 16.2. The fraction of sp³-hybridized carbons (Fsp3) is 0.706. The van der Waals surface area contributed by atoms with Crippen LogP contribution in [-0.4, -0.2) is 48.6 Å². The Morgan fingerprint density at radius 2 is 1.95 bits per heavy atom. The summed E-state index contributed by atoms with van der Waals surface area (Å²) in [6.07, 6.45) is 3.19. The van der Waals surface area contributed by atoms with Crippen molar-refractivity contribution in [3.05, 3.63) is 23.4 Å². The molecule has 0 aromatic carbocycles. The molecule has 2 heterocycles. The molecule has 1 aromatic rings. The van der Waals surface area contributed by atoms with Crippen LogP contribution < -0.4 is 10.2 Å². The van der Waals surface area contributed by atoms with Crippen molar-refractivity contribution < 1.29 is 0 Å². The zero-order chi connectivity index (χ0) is 15.4. The molecule has 1 saturated heterocycles. The first-order valence-electron chi connectivity index (χ1n) is 8.16. The van der Waals surface area contributed by atoms with Crippen LogP contribution in [0.1, 0.15) is 38.3 Å². The third-order valence-electron chi connectivity index (χ3n) is 4.52. The summed E-state index contributed by atoms with van der Waals surface area (Å²) in [5.41, 5.74) is 2.56. The Labute approximate surface area is 129 Å². The minimum Gasteiger partial charge on any atom is -0.353 e. The van der Waals surface area contributed by atoms with Gasteiger partial charge in [0.1, 0.15) is 5.82 Å². The molecule has 1 aliphatic heterocycles. The largest absolute Gasteiger partial charge is 0.353 e. The van der Waals surface area contributed by atoms with Crippen LogP contribution in [0.25, 0.3) is 0 Å². The summed E-state index contributed by atoms with van der Waals surface area (Å²) in [5.74, 6) is 1.15. The Morgan fingerprint density at radius 1 is 1.29 bits per heavy atom. The second kappa shape index (κ2) is 7.23. The van der Waals surface area contributed by atoms with Crippen LogP contribution in [0.5, 0.6) is 0 Å². The van der Waals surface area contributed by atoms with E-state index in [-0.39, 0.29) is 0 Å². The van der Waals surface area contributed by atoms with E-state index in [4.69, 9.17) is 4.98 Å². The van der Waals surface area contributed by atoms with Gasteiger partial charge in [0, 0.05) is 37.9 Å². The molecule has 0 saturated carbocycles. The van der Waals surface area contributed by atoms with E-state index in [1.807, 2.05) is 6.20 Å². The number of likely N-dealkylation sites (N-methyl/N-ethyl adjacent to an activating group) is 1. The van der Waals surface area contributed by atoms with E-state index in [1.54, 1.807) is 0 Å². The van der Waals surface area contributed by atoms with E-state index >= 15 is 0 Å². The van der Waals surface area contributed by atoms with Crippen molar-refractivity contribution >= 4 is 5.82 Å². The second-order valence-electron chi connectivity index (χ2n) is 6.43. The summed E-state index contributed by atoms with van der Waals surface area (Å²) in [5, 5.41) is 3.44. The van der Waals surface area contributed by atoms with Crippen LogP contribution in [0.15, 0.2) is 12.3 Å². The molecule has 2 rings (SSSR count). The van der Waals surface area contributed by atoms with E-state index in [2.05, 4.69) is 55.9 Å². The minimum atomic E-state index is 0.570. The van der Waals surface area contributed by atoms with Gasteiger partial charge in [-0.05, 0) is 58.0 Å². The summed E-state index contributed by atoms with van der Waals surface area (Å²) < 4.78 is 0. The van der Waals surface area contributed by atoms with Gasteiger partial charge in [0.05, 0.1) is 0 Å². The maximum atomic E-state index is 4.74. The highest BCUT2D eigenvalue weighted by Gasteiger charge is 2.27. The zero-order valence-electron chi connectivity index (χ0n) is 14.2. The average molecular weight is 290 g/mol. The normalized spacial score (nSPS) is 23.6. The Morgan fingerprint density at radius 3 is 2.52 bits per heavy atom. The monoisotopic (exact) mass is 290 g/mol. The molecule has 0 bridgehead atoms. The van der Waals surface area contributed by atoms with E-state index in [0.717, 1.165) is 32.0 Å². The van der Waals surface area contributed by atoms with Gasteiger partial charge in [-0.25, -0.2) is 4.98 Å². The standard InChI is InChI=1S/C17H30N4/c1-6-7-18-9-16-8-13(2)17(19-10-16)21-11-14(3)20(5)15(4)12-21/h8,10,14-15,18H,6-7,9,11-12H2,1-5H3. The molecule has 0 radical (unpaired) electrons. The van der Waals surface area contributed by atoms with E-state index in [1.165, 1.54) is 17.5 Å². The van der Waals surface area contributed by atoms with Crippen molar-refractivity contribution in [2.24, 2.45) is 0 Å². The molecular formula is C17H30N4. The molecule has 0 aliphatic carbocycles. The Hall–Kier alpha value is -1.13. The lowest BCUT2D eigenvalue weighted by Crippen LogP contribution is -2.55. The Bertz CT molecular complexity index is 448. The molecule has 4 heteroatoms. The van der Waals surface area contributed by atoms with E-state index in [9.17, 15) is 0 Å². The number of hydrogen-bond donors (Lipinski definition) is 1. The number of nitrogens with zero attached hydrogens (tertiary/aromatic N) is 3. The smallest absolute Gasteiger partial charge is 0.131 e. The van der Waals surface area contributed by atoms with Gasteiger partial charge in [0.2, 0.25) is 0 Å². The van der Waals surface area contributed by atoms with Crippen LogP contribution in [0.3, 0.4) is 0 Å². The molecule has 1 aliphatic rings. The summed E-state index contributed by atoms with van der Waals surface area (Å²) >= 11 is 0. The van der Waals surface area contributed by atoms with Crippen LogP contribution in [0, 0.1) is 6.92 Å². The minimum absolute atomic E-state index is 0.570. The summed E-state index contributed by atoms with van der Waals surface area (Å²) in [7, 11) is 2.22. The Kier molecular flexibility index (Phi) is 5.59. The number of pyridine rings is 1. The van der Waals surface area contributed by atoms with Crippen LogP contribution in [-0.2, 0) is 6.54 Å².